The number of benzene rings is 3. The van der Waals surface area contributed by atoms with E-state index in [4.69, 9.17) is 9.47 Å². The fourth-order valence-electron chi connectivity index (χ4n) is 3.43. The Balaban J connectivity index is 1.62. The third kappa shape index (κ3) is 4.41. The maximum atomic E-state index is 13.4. The second kappa shape index (κ2) is 9.13. The fourth-order valence-corrected chi connectivity index (χ4v) is 3.43. The number of rotatable bonds is 7. The third-order valence-corrected chi connectivity index (χ3v) is 4.97. The van der Waals surface area contributed by atoms with Crippen molar-refractivity contribution in [3.8, 4) is 5.75 Å². The van der Waals surface area contributed by atoms with E-state index < -0.39 is 12.1 Å². The molecule has 0 aliphatic heterocycles. The number of esters is 1. The van der Waals surface area contributed by atoms with Gasteiger partial charge in [0.1, 0.15) is 5.75 Å². The molecule has 0 spiro atoms. The van der Waals surface area contributed by atoms with Crippen molar-refractivity contribution < 1.29 is 19.1 Å². The van der Waals surface area contributed by atoms with E-state index in [-0.39, 0.29) is 5.78 Å². The number of hydrogen-bond donors (Lipinski definition) is 1. The number of H-pyrrole nitrogens is 1. The predicted octanol–water partition coefficient (Wildman–Crippen LogP) is 5.36. The zero-order chi connectivity index (χ0) is 21.6. The Bertz CT molecular complexity index is 1240. The van der Waals surface area contributed by atoms with Gasteiger partial charge in [-0.3, -0.25) is 4.79 Å². The number of carbonyl (C=O) groups excluding carboxylic acids is 2. The molecule has 0 fully saturated rings. The van der Waals surface area contributed by atoms with Crippen LogP contribution in [0.3, 0.4) is 0 Å². The first kappa shape index (κ1) is 20.2. The monoisotopic (exact) mass is 411 g/mol. The number of carbonyl (C=O) groups is 2. The standard InChI is InChI=1S/C26H21NO4/c1-30-23-14-8-5-9-18(23)15-16-24(28)31-26(19-10-3-2-4-11-19)25(29)21-17-27-22-13-7-6-12-20(21)22/h2-17,26-27H,1H3. The molecule has 0 aliphatic carbocycles. The highest BCUT2D eigenvalue weighted by molar-refractivity contribution is 6.10. The predicted molar refractivity (Wildman–Crippen MR) is 120 cm³/mol. The van der Waals surface area contributed by atoms with Crippen molar-refractivity contribution in [1.29, 1.82) is 0 Å². The SMILES string of the molecule is COc1ccccc1C=CC(=O)OC(C(=O)c1c[nH]c2ccccc12)c1ccccc1. The van der Waals surface area contributed by atoms with Crippen LogP contribution in [0.25, 0.3) is 17.0 Å². The number of Topliss-reactive ketones (excluding diaryl/α,β-unsaturated/α-hetero) is 1. The van der Waals surface area contributed by atoms with Gasteiger partial charge in [0.15, 0.2) is 6.10 Å². The molecule has 0 amide bonds. The maximum Gasteiger partial charge on any atom is 0.331 e. The minimum absolute atomic E-state index is 0.289. The zero-order valence-electron chi connectivity index (χ0n) is 16.9. The van der Waals surface area contributed by atoms with Gasteiger partial charge in [-0.15, -0.1) is 0 Å². The normalized spacial score (nSPS) is 12.0. The maximum absolute atomic E-state index is 13.4. The summed E-state index contributed by atoms with van der Waals surface area (Å²) in [4.78, 5) is 29.1. The summed E-state index contributed by atoms with van der Waals surface area (Å²) in [5, 5.41) is 0.786. The molecule has 1 heterocycles. The average Bonchev–Trinajstić information content (AvgIpc) is 3.26. The summed E-state index contributed by atoms with van der Waals surface area (Å²) in [6.45, 7) is 0. The quantitative estimate of drug-likeness (QED) is 0.253. The highest BCUT2D eigenvalue weighted by atomic mass is 16.5. The molecule has 0 aliphatic rings. The van der Waals surface area contributed by atoms with E-state index in [1.165, 1.54) is 6.08 Å². The van der Waals surface area contributed by atoms with Gasteiger partial charge in [0, 0.05) is 39.9 Å². The third-order valence-electron chi connectivity index (χ3n) is 4.97. The van der Waals surface area contributed by atoms with Crippen molar-refractivity contribution in [2.75, 3.05) is 7.11 Å². The van der Waals surface area contributed by atoms with Crippen molar-refractivity contribution in [2.45, 2.75) is 6.10 Å². The molecule has 154 valence electrons. The van der Waals surface area contributed by atoms with Crippen LogP contribution in [0, 0.1) is 0 Å². The molecule has 0 saturated heterocycles. The highest BCUT2D eigenvalue weighted by Gasteiger charge is 2.27. The Morgan fingerprint density at radius 1 is 0.903 bits per heavy atom. The lowest BCUT2D eigenvalue weighted by atomic mass is 9.99. The first-order chi connectivity index (χ1) is 15.2. The molecule has 0 saturated carbocycles. The zero-order valence-corrected chi connectivity index (χ0v) is 16.9. The van der Waals surface area contributed by atoms with Crippen LogP contribution >= 0.6 is 0 Å². The second-order valence-corrected chi connectivity index (χ2v) is 6.92. The molecule has 1 aromatic heterocycles. The lowest BCUT2D eigenvalue weighted by Gasteiger charge is -2.16. The van der Waals surface area contributed by atoms with Gasteiger partial charge in [0.2, 0.25) is 5.78 Å². The van der Waals surface area contributed by atoms with E-state index in [1.807, 2.05) is 60.7 Å². The van der Waals surface area contributed by atoms with Gasteiger partial charge >= 0.3 is 5.97 Å². The van der Waals surface area contributed by atoms with Crippen molar-refractivity contribution in [3.63, 3.8) is 0 Å². The summed E-state index contributed by atoms with van der Waals surface area (Å²) in [6, 6.07) is 23.9. The molecular formula is C26H21NO4. The number of ketones is 1. The fraction of sp³-hybridized carbons (Fsp3) is 0.0769. The van der Waals surface area contributed by atoms with Gasteiger partial charge < -0.3 is 14.5 Å². The topological polar surface area (TPSA) is 68.4 Å². The van der Waals surface area contributed by atoms with Crippen LogP contribution < -0.4 is 4.74 Å². The minimum Gasteiger partial charge on any atom is -0.496 e. The summed E-state index contributed by atoms with van der Waals surface area (Å²) in [5.41, 5.74) is 2.67. The van der Waals surface area contributed by atoms with E-state index in [1.54, 1.807) is 37.6 Å². The van der Waals surface area contributed by atoms with Crippen LogP contribution in [-0.2, 0) is 9.53 Å². The molecular weight excluding hydrogens is 390 g/mol. The molecule has 0 bridgehead atoms. The summed E-state index contributed by atoms with van der Waals surface area (Å²) in [6.07, 6.45) is 3.51. The number of hydrogen-bond acceptors (Lipinski definition) is 4. The first-order valence-corrected chi connectivity index (χ1v) is 9.84. The number of ether oxygens (including phenoxy) is 2. The van der Waals surface area contributed by atoms with Crippen molar-refractivity contribution in [1.82, 2.24) is 4.98 Å². The first-order valence-electron chi connectivity index (χ1n) is 9.84. The van der Waals surface area contributed by atoms with Gasteiger partial charge in [-0.05, 0) is 18.2 Å². The van der Waals surface area contributed by atoms with Crippen LogP contribution in [-0.4, -0.2) is 23.8 Å². The van der Waals surface area contributed by atoms with Gasteiger partial charge in [0.25, 0.3) is 0 Å². The summed E-state index contributed by atoms with van der Waals surface area (Å²) < 4.78 is 10.9. The lowest BCUT2D eigenvalue weighted by molar-refractivity contribution is -0.141. The van der Waals surface area contributed by atoms with Crippen LogP contribution in [0.1, 0.15) is 27.6 Å². The van der Waals surface area contributed by atoms with Gasteiger partial charge in [-0.25, -0.2) is 4.79 Å². The van der Waals surface area contributed by atoms with Crippen LogP contribution in [0.4, 0.5) is 0 Å². The number of fused-ring (bicyclic) bond motifs is 1. The number of para-hydroxylation sites is 2. The highest BCUT2D eigenvalue weighted by Crippen LogP contribution is 2.27. The number of nitrogens with one attached hydrogen (secondary N) is 1. The molecule has 5 nitrogen and oxygen atoms in total. The van der Waals surface area contributed by atoms with Crippen LogP contribution in [0.2, 0.25) is 0 Å². The van der Waals surface area contributed by atoms with E-state index >= 15 is 0 Å². The van der Waals surface area contributed by atoms with Crippen molar-refractivity contribution in [3.05, 3.63) is 108 Å². The Kier molecular flexibility index (Phi) is 5.94. The largest absolute Gasteiger partial charge is 0.496 e. The van der Waals surface area contributed by atoms with E-state index in [0.29, 0.717) is 16.9 Å². The molecule has 0 radical (unpaired) electrons. The Morgan fingerprint density at radius 3 is 2.42 bits per heavy atom. The second-order valence-electron chi connectivity index (χ2n) is 6.92. The molecule has 4 rings (SSSR count). The van der Waals surface area contributed by atoms with Crippen LogP contribution in [0.5, 0.6) is 5.75 Å². The number of aromatic nitrogens is 1. The van der Waals surface area contributed by atoms with Gasteiger partial charge in [-0.2, -0.15) is 0 Å². The summed E-state index contributed by atoms with van der Waals surface area (Å²) in [7, 11) is 1.57. The lowest BCUT2D eigenvalue weighted by Crippen LogP contribution is -2.19. The van der Waals surface area contributed by atoms with Crippen LogP contribution in [0.15, 0.2) is 91.1 Å². The Labute approximate surface area is 179 Å². The molecule has 31 heavy (non-hydrogen) atoms. The smallest absolute Gasteiger partial charge is 0.331 e. The molecule has 3 aromatic carbocycles. The summed E-state index contributed by atoms with van der Waals surface area (Å²) in [5.74, 6) is -0.267. The Morgan fingerprint density at radius 2 is 1.61 bits per heavy atom. The van der Waals surface area contributed by atoms with Gasteiger partial charge in [-0.1, -0.05) is 66.7 Å². The Hall–Kier alpha value is -4.12. The molecule has 1 atom stereocenters. The van der Waals surface area contributed by atoms with E-state index in [2.05, 4.69) is 4.98 Å². The van der Waals surface area contributed by atoms with E-state index in [9.17, 15) is 9.59 Å². The summed E-state index contributed by atoms with van der Waals surface area (Å²) >= 11 is 0. The minimum atomic E-state index is -1.06. The molecule has 1 unspecified atom stereocenters. The molecule has 4 aromatic rings. The molecule has 1 N–H and O–H groups in total. The molecule has 5 heteroatoms. The number of aromatic amines is 1. The van der Waals surface area contributed by atoms with E-state index in [0.717, 1.165) is 16.5 Å². The average molecular weight is 411 g/mol. The van der Waals surface area contributed by atoms with Crippen molar-refractivity contribution in [2.24, 2.45) is 0 Å². The van der Waals surface area contributed by atoms with Crippen molar-refractivity contribution >= 4 is 28.7 Å². The van der Waals surface area contributed by atoms with Gasteiger partial charge in [0.05, 0.1) is 7.11 Å². The number of methoxy groups -OCH3 is 1.